The van der Waals surface area contributed by atoms with Gasteiger partial charge in [0.25, 0.3) is 0 Å². The van der Waals surface area contributed by atoms with Crippen molar-refractivity contribution in [2.24, 2.45) is 0 Å². The van der Waals surface area contributed by atoms with Gasteiger partial charge in [-0.3, -0.25) is 9.69 Å². The van der Waals surface area contributed by atoms with Crippen molar-refractivity contribution < 1.29 is 9.18 Å². The summed E-state index contributed by atoms with van der Waals surface area (Å²) in [7, 11) is 1.74. The normalized spacial score (nSPS) is 11.0. The van der Waals surface area contributed by atoms with Gasteiger partial charge in [-0.2, -0.15) is 5.10 Å². The summed E-state index contributed by atoms with van der Waals surface area (Å²) in [5.41, 5.74) is 2.02. The van der Waals surface area contributed by atoms with Crippen molar-refractivity contribution >= 4 is 23.3 Å². The summed E-state index contributed by atoms with van der Waals surface area (Å²) in [6, 6.07) is 15.9. The molecule has 0 fully saturated rings. The lowest BCUT2D eigenvalue weighted by atomic mass is 10.2. The van der Waals surface area contributed by atoms with Crippen molar-refractivity contribution in [1.29, 1.82) is 0 Å². The number of aryl methyl sites for hydroxylation is 1. The van der Waals surface area contributed by atoms with Crippen LogP contribution in [0.1, 0.15) is 11.3 Å². The van der Waals surface area contributed by atoms with Gasteiger partial charge in [-0.05, 0) is 38.2 Å². The van der Waals surface area contributed by atoms with E-state index in [0.717, 1.165) is 11.4 Å². The van der Waals surface area contributed by atoms with Crippen LogP contribution in [-0.2, 0) is 11.3 Å². The van der Waals surface area contributed by atoms with E-state index in [2.05, 4.69) is 10.4 Å². The molecule has 0 saturated carbocycles. The summed E-state index contributed by atoms with van der Waals surface area (Å²) >= 11 is 6.05. The molecule has 0 atom stereocenters. The van der Waals surface area contributed by atoms with Gasteiger partial charge < -0.3 is 5.32 Å². The lowest BCUT2D eigenvalue weighted by Crippen LogP contribution is -2.30. The smallest absolute Gasteiger partial charge is 0.239 e. The molecule has 0 saturated heterocycles. The SMILES string of the molecule is Cc1cc(NC(=O)CN(C)Cc2c(F)cccc2Cl)n(-c2ccccc2)n1. The minimum Gasteiger partial charge on any atom is -0.309 e. The van der Waals surface area contributed by atoms with Gasteiger partial charge in [0.05, 0.1) is 17.9 Å². The number of anilines is 1. The summed E-state index contributed by atoms with van der Waals surface area (Å²) in [4.78, 5) is 14.2. The fourth-order valence-corrected chi connectivity index (χ4v) is 3.01. The van der Waals surface area contributed by atoms with Crippen LogP contribution in [0.2, 0.25) is 5.02 Å². The van der Waals surface area contributed by atoms with Gasteiger partial charge in [0.15, 0.2) is 0 Å². The Balaban J connectivity index is 1.68. The predicted molar refractivity (Wildman–Crippen MR) is 105 cm³/mol. The van der Waals surface area contributed by atoms with E-state index in [4.69, 9.17) is 11.6 Å². The van der Waals surface area contributed by atoms with Crippen LogP contribution < -0.4 is 5.32 Å². The zero-order valence-electron chi connectivity index (χ0n) is 15.1. The number of carbonyl (C=O) groups excluding carboxylic acids is 1. The van der Waals surface area contributed by atoms with Crippen molar-refractivity contribution in [2.45, 2.75) is 13.5 Å². The monoisotopic (exact) mass is 386 g/mol. The van der Waals surface area contributed by atoms with E-state index >= 15 is 0 Å². The average Bonchev–Trinajstić information content (AvgIpc) is 2.99. The molecule has 1 aromatic heterocycles. The maximum Gasteiger partial charge on any atom is 0.239 e. The van der Waals surface area contributed by atoms with E-state index < -0.39 is 0 Å². The first-order valence-electron chi connectivity index (χ1n) is 8.47. The summed E-state index contributed by atoms with van der Waals surface area (Å²) in [5, 5.41) is 7.64. The average molecular weight is 387 g/mol. The number of hydrogen-bond acceptors (Lipinski definition) is 3. The molecule has 0 aliphatic carbocycles. The first-order chi connectivity index (χ1) is 12.9. The highest BCUT2D eigenvalue weighted by Gasteiger charge is 2.15. The Bertz CT molecular complexity index is 922. The van der Waals surface area contributed by atoms with Gasteiger partial charge in [0.1, 0.15) is 11.6 Å². The Morgan fingerprint density at radius 1 is 1.22 bits per heavy atom. The van der Waals surface area contributed by atoms with Gasteiger partial charge >= 0.3 is 0 Å². The highest BCUT2D eigenvalue weighted by Crippen LogP contribution is 2.20. The molecule has 3 aromatic rings. The van der Waals surface area contributed by atoms with E-state index in [1.165, 1.54) is 6.07 Å². The van der Waals surface area contributed by atoms with Gasteiger partial charge in [-0.25, -0.2) is 9.07 Å². The van der Waals surface area contributed by atoms with Gasteiger partial charge in [0.2, 0.25) is 5.91 Å². The maximum absolute atomic E-state index is 13.9. The van der Waals surface area contributed by atoms with Crippen molar-refractivity contribution in [3.63, 3.8) is 0 Å². The van der Waals surface area contributed by atoms with Crippen molar-refractivity contribution in [3.8, 4) is 5.69 Å². The summed E-state index contributed by atoms with van der Waals surface area (Å²) in [6.45, 7) is 2.18. The molecule has 3 rings (SSSR count). The quantitative estimate of drug-likeness (QED) is 0.695. The van der Waals surface area contributed by atoms with Gasteiger partial charge in [0, 0.05) is 23.2 Å². The molecule has 5 nitrogen and oxygen atoms in total. The zero-order valence-corrected chi connectivity index (χ0v) is 15.9. The number of hydrogen-bond donors (Lipinski definition) is 1. The number of para-hydroxylation sites is 1. The number of amides is 1. The molecule has 2 aromatic carbocycles. The number of nitrogens with one attached hydrogen (secondary N) is 1. The molecule has 0 bridgehead atoms. The molecule has 0 unspecified atom stereocenters. The van der Waals surface area contributed by atoms with E-state index in [1.54, 1.807) is 34.8 Å². The van der Waals surface area contributed by atoms with Crippen molar-refractivity contribution in [2.75, 3.05) is 18.9 Å². The van der Waals surface area contributed by atoms with E-state index in [1.807, 2.05) is 37.3 Å². The second-order valence-electron chi connectivity index (χ2n) is 6.34. The lowest BCUT2D eigenvalue weighted by Gasteiger charge is -2.18. The third kappa shape index (κ3) is 4.72. The molecule has 140 valence electrons. The van der Waals surface area contributed by atoms with Gasteiger partial charge in [-0.1, -0.05) is 35.9 Å². The van der Waals surface area contributed by atoms with E-state index in [-0.39, 0.29) is 24.8 Å². The molecule has 1 amide bonds. The highest BCUT2D eigenvalue weighted by atomic mass is 35.5. The second kappa shape index (κ2) is 8.33. The highest BCUT2D eigenvalue weighted by molar-refractivity contribution is 6.31. The van der Waals surface area contributed by atoms with Crippen LogP contribution in [0.4, 0.5) is 10.2 Å². The Labute approximate surface area is 162 Å². The van der Waals surface area contributed by atoms with Crippen LogP contribution in [0, 0.1) is 12.7 Å². The van der Waals surface area contributed by atoms with E-state index in [9.17, 15) is 9.18 Å². The van der Waals surface area contributed by atoms with Gasteiger partial charge in [-0.15, -0.1) is 0 Å². The van der Waals surface area contributed by atoms with Crippen LogP contribution in [0.15, 0.2) is 54.6 Å². The Hall–Kier alpha value is -2.70. The Kier molecular flexibility index (Phi) is 5.88. The fraction of sp³-hybridized carbons (Fsp3) is 0.200. The molecule has 0 radical (unpaired) electrons. The predicted octanol–water partition coefficient (Wildman–Crippen LogP) is 4.04. The Morgan fingerprint density at radius 2 is 1.96 bits per heavy atom. The lowest BCUT2D eigenvalue weighted by molar-refractivity contribution is -0.117. The van der Waals surface area contributed by atoms with Crippen LogP contribution in [0.5, 0.6) is 0 Å². The van der Waals surface area contributed by atoms with E-state index in [0.29, 0.717) is 16.4 Å². The number of likely N-dealkylation sites (N-methyl/N-ethyl adjacent to an activating group) is 1. The second-order valence-corrected chi connectivity index (χ2v) is 6.75. The molecule has 0 spiro atoms. The van der Waals surface area contributed by atoms with Crippen LogP contribution in [-0.4, -0.2) is 34.2 Å². The minimum absolute atomic E-state index is 0.0870. The maximum atomic E-state index is 13.9. The van der Waals surface area contributed by atoms with Crippen molar-refractivity contribution in [3.05, 3.63) is 76.7 Å². The number of carbonyl (C=O) groups is 1. The molecule has 1 N–H and O–H groups in total. The molecular formula is C20H20ClFN4O. The fourth-order valence-electron chi connectivity index (χ4n) is 2.79. The molecule has 1 heterocycles. The first kappa shape index (κ1) is 19.1. The number of aromatic nitrogens is 2. The summed E-state index contributed by atoms with van der Waals surface area (Å²) in [5.74, 6) is -0.0180. The molecule has 0 aliphatic rings. The number of rotatable bonds is 6. The third-order valence-electron chi connectivity index (χ3n) is 4.00. The van der Waals surface area contributed by atoms with Crippen molar-refractivity contribution in [1.82, 2.24) is 14.7 Å². The van der Waals surface area contributed by atoms with Crippen LogP contribution in [0.3, 0.4) is 0 Å². The molecule has 7 heteroatoms. The summed E-state index contributed by atoms with van der Waals surface area (Å²) in [6.07, 6.45) is 0. The summed E-state index contributed by atoms with van der Waals surface area (Å²) < 4.78 is 15.6. The third-order valence-corrected chi connectivity index (χ3v) is 4.36. The molecule has 27 heavy (non-hydrogen) atoms. The Morgan fingerprint density at radius 3 is 2.67 bits per heavy atom. The number of benzene rings is 2. The first-order valence-corrected chi connectivity index (χ1v) is 8.85. The topological polar surface area (TPSA) is 50.2 Å². The minimum atomic E-state index is -0.382. The van der Waals surface area contributed by atoms with Crippen LogP contribution in [0.25, 0.3) is 5.69 Å². The number of halogens is 2. The zero-order chi connectivity index (χ0) is 19.4. The standard InChI is InChI=1S/C20H20ClFN4O/c1-14-11-19(26(24-14)15-7-4-3-5-8-15)23-20(27)13-25(2)12-16-17(21)9-6-10-18(16)22/h3-11H,12-13H2,1-2H3,(H,23,27). The largest absolute Gasteiger partial charge is 0.309 e. The molecule has 0 aliphatic heterocycles. The number of nitrogens with zero attached hydrogens (tertiary/aromatic N) is 3. The molecular weight excluding hydrogens is 367 g/mol. The van der Waals surface area contributed by atoms with Crippen LogP contribution >= 0.6 is 11.6 Å².